The van der Waals surface area contributed by atoms with Crippen molar-refractivity contribution in [3.63, 3.8) is 0 Å². The lowest BCUT2D eigenvalue weighted by atomic mass is 10.2. The first kappa shape index (κ1) is 15.1. The molecule has 0 aliphatic rings. The van der Waals surface area contributed by atoms with E-state index in [9.17, 15) is 8.78 Å². The van der Waals surface area contributed by atoms with Crippen molar-refractivity contribution >= 4 is 5.69 Å². The molecule has 0 radical (unpaired) electrons. The Morgan fingerprint density at radius 1 is 1.00 bits per heavy atom. The summed E-state index contributed by atoms with van der Waals surface area (Å²) >= 11 is 0. The van der Waals surface area contributed by atoms with Gasteiger partial charge in [0, 0.05) is 18.2 Å². The average Bonchev–Trinajstić information content (AvgIpc) is 2.39. The molecule has 0 aromatic heterocycles. The van der Waals surface area contributed by atoms with Gasteiger partial charge >= 0.3 is 0 Å². The van der Waals surface area contributed by atoms with Crippen LogP contribution < -0.4 is 15.2 Å². The van der Waals surface area contributed by atoms with Gasteiger partial charge in [-0.25, -0.2) is 8.78 Å². The fraction of sp³-hybridized carbons (Fsp3) is 0.250. The van der Waals surface area contributed by atoms with Gasteiger partial charge in [-0.15, -0.1) is 0 Å². The van der Waals surface area contributed by atoms with Crippen molar-refractivity contribution in [1.82, 2.24) is 0 Å². The zero-order chi connectivity index (χ0) is 15.6. The number of benzene rings is 2. The van der Waals surface area contributed by atoms with Gasteiger partial charge in [0.05, 0.1) is 11.8 Å². The largest absolute Gasteiger partial charge is 0.488 e. The third kappa shape index (κ3) is 3.62. The minimum absolute atomic E-state index is 0.0433. The van der Waals surface area contributed by atoms with Crippen molar-refractivity contribution < 1.29 is 18.3 Å². The van der Waals surface area contributed by atoms with E-state index in [1.807, 2.05) is 0 Å². The van der Waals surface area contributed by atoms with Crippen LogP contribution in [-0.4, -0.2) is 6.10 Å². The monoisotopic (exact) mass is 293 g/mol. The van der Waals surface area contributed by atoms with Gasteiger partial charge in [0.25, 0.3) is 0 Å². The van der Waals surface area contributed by atoms with Crippen molar-refractivity contribution in [3.05, 3.63) is 47.5 Å². The Morgan fingerprint density at radius 3 is 2.33 bits per heavy atom. The van der Waals surface area contributed by atoms with E-state index in [4.69, 9.17) is 15.2 Å². The first-order valence-corrected chi connectivity index (χ1v) is 6.56. The first-order chi connectivity index (χ1) is 9.86. The van der Waals surface area contributed by atoms with Crippen molar-refractivity contribution in [3.8, 4) is 17.2 Å². The summed E-state index contributed by atoms with van der Waals surface area (Å²) in [6.07, 6.45) is -0.187. The molecule has 0 spiro atoms. The summed E-state index contributed by atoms with van der Waals surface area (Å²) in [6, 6.07) is 6.95. The Morgan fingerprint density at radius 2 is 1.71 bits per heavy atom. The van der Waals surface area contributed by atoms with Gasteiger partial charge in [-0.3, -0.25) is 0 Å². The third-order valence-electron chi connectivity index (χ3n) is 2.80. The normalized spacial score (nSPS) is 10.8. The fourth-order valence-corrected chi connectivity index (χ4v) is 1.75. The molecule has 2 aromatic rings. The Bertz CT molecular complexity index is 657. The van der Waals surface area contributed by atoms with Gasteiger partial charge < -0.3 is 15.2 Å². The minimum atomic E-state index is -0.566. The molecule has 0 bridgehead atoms. The molecule has 0 unspecified atom stereocenters. The number of nitrogen functional groups attached to an aromatic ring is 1. The predicted octanol–water partition coefficient (Wildman–Crippen LogP) is 4.43. The molecular weight excluding hydrogens is 276 g/mol. The first-order valence-electron chi connectivity index (χ1n) is 6.56. The number of rotatable bonds is 4. The summed E-state index contributed by atoms with van der Waals surface area (Å²) in [6.45, 7) is 5.22. The van der Waals surface area contributed by atoms with E-state index >= 15 is 0 Å². The molecule has 0 atom stereocenters. The fourth-order valence-electron chi connectivity index (χ4n) is 1.75. The summed E-state index contributed by atoms with van der Waals surface area (Å²) in [5, 5.41) is 0. The van der Waals surface area contributed by atoms with Crippen LogP contribution >= 0.6 is 0 Å². The lowest BCUT2D eigenvalue weighted by Crippen LogP contribution is -2.07. The predicted molar refractivity (Wildman–Crippen MR) is 77.8 cm³/mol. The summed E-state index contributed by atoms with van der Waals surface area (Å²) in [5.74, 6) is -0.403. The van der Waals surface area contributed by atoms with Crippen LogP contribution in [0.3, 0.4) is 0 Å². The number of ether oxygens (including phenoxy) is 2. The molecule has 21 heavy (non-hydrogen) atoms. The molecule has 2 N–H and O–H groups in total. The SMILES string of the molecule is Cc1ccc(Oc2cc(OC(C)C)c(F)cc2N)cc1F. The zero-order valence-electron chi connectivity index (χ0n) is 12.1. The number of aryl methyl sites for hydroxylation is 1. The Balaban J connectivity index is 2.32. The summed E-state index contributed by atoms with van der Waals surface area (Å²) < 4.78 is 38.1. The van der Waals surface area contributed by atoms with Gasteiger partial charge in [-0.05, 0) is 32.4 Å². The maximum Gasteiger partial charge on any atom is 0.167 e. The molecular formula is C16H17F2NO2. The molecule has 0 saturated heterocycles. The van der Waals surface area contributed by atoms with Crippen LogP contribution in [0.1, 0.15) is 19.4 Å². The average molecular weight is 293 g/mol. The van der Waals surface area contributed by atoms with E-state index < -0.39 is 5.82 Å². The van der Waals surface area contributed by atoms with Gasteiger partial charge in [0.1, 0.15) is 11.6 Å². The second-order valence-corrected chi connectivity index (χ2v) is 5.00. The standard InChI is InChI=1S/C16H17F2NO2/c1-9(2)20-15-8-16(14(19)7-13(15)18)21-11-5-4-10(3)12(17)6-11/h4-9H,19H2,1-3H3. The second-order valence-electron chi connectivity index (χ2n) is 5.00. The molecule has 0 aliphatic carbocycles. The lowest BCUT2D eigenvalue weighted by Gasteiger charge is -2.14. The number of anilines is 1. The highest BCUT2D eigenvalue weighted by Gasteiger charge is 2.13. The molecule has 0 saturated carbocycles. The molecule has 0 amide bonds. The van der Waals surface area contributed by atoms with E-state index in [0.29, 0.717) is 5.56 Å². The summed E-state index contributed by atoms with van der Waals surface area (Å²) in [7, 11) is 0. The summed E-state index contributed by atoms with van der Waals surface area (Å²) in [5.41, 5.74) is 6.35. The number of nitrogens with two attached hydrogens (primary N) is 1. The van der Waals surface area contributed by atoms with Crippen LogP contribution in [0.5, 0.6) is 17.2 Å². The van der Waals surface area contributed by atoms with Gasteiger partial charge in [0.15, 0.2) is 17.3 Å². The van der Waals surface area contributed by atoms with Gasteiger partial charge in [-0.2, -0.15) is 0 Å². The van der Waals surface area contributed by atoms with Crippen LogP contribution in [0, 0.1) is 18.6 Å². The molecule has 5 heteroatoms. The van der Waals surface area contributed by atoms with Gasteiger partial charge in [-0.1, -0.05) is 6.07 Å². The smallest absolute Gasteiger partial charge is 0.167 e. The van der Waals surface area contributed by atoms with Crippen molar-refractivity contribution in [2.45, 2.75) is 26.9 Å². The van der Waals surface area contributed by atoms with E-state index in [0.717, 1.165) is 6.07 Å². The highest BCUT2D eigenvalue weighted by Crippen LogP contribution is 2.34. The third-order valence-corrected chi connectivity index (χ3v) is 2.80. The summed E-state index contributed by atoms with van der Waals surface area (Å²) in [4.78, 5) is 0. The number of hydrogen-bond donors (Lipinski definition) is 1. The molecule has 0 aliphatic heterocycles. The van der Waals surface area contributed by atoms with Crippen LogP contribution in [0.4, 0.5) is 14.5 Å². The molecule has 0 fully saturated rings. The maximum absolute atomic E-state index is 13.7. The molecule has 3 nitrogen and oxygen atoms in total. The van der Waals surface area contributed by atoms with Crippen molar-refractivity contribution in [1.29, 1.82) is 0 Å². The van der Waals surface area contributed by atoms with E-state index in [-0.39, 0.29) is 34.9 Å². The molecule has 112 valence electrons. The van der Waals surface area contributed by atoms with Crippen LogP contribution in [0.25, 0.3) is 0 Å². The maximum atomic E-state index is 13.7. The zero-order valence-corrected chi connectivity index (χ0v) is 12.1. The Labute approximate surface area is 122 Å². The highest BCUT2D eigenvalue weighted by atomic mass is 19.1. The van der Waals surface area contributed by atoms with Crippen molar-refractivity contribution in [2.24, 2.45) is 0 Å². The van der Waals surface area contributed by atoms with E-state index in [1.165, 1.54) is 12.1 Å². The van der Waals surface area contributed by atoms with E-state index in [1.54, 1.807) is 32.9 Å². The highest BCUT2D eigenvalue weighted by molar-refractivity contribution is 5.57. The number of hydrogen-bond acceptors (Lipinski definition) is 3. The Hall–Kier alpha value is -2.30. The van der Waals surface area contributed by atoms with Crippen LogP contribution in [0.2, 0.25) is 0 Å². The Kier molecular flexibility index (Phi) is 4.31. The lowest BCUT2D eigenvalue weighted by molar-refractivity contribution is 0.230. The topological polar surface area (TPSA) is 44.5 Å². The molecule has 0 heterocycles. The number of halogens is 2. The molecule has 2 rings (SSSR count). The van der Waals surface area contributed by atoms with Crippen LogP contribution in [0.15, 0.2) is 30.3 Å². The van der Waals surface area contributed by atoms with Crippen molar-refractivity contribution in [2.75, 3.05) is 5.73 Å². The van der Waals surface area contributed by atoms with Crippen LogP contribution in [-0.2, 0) is 0 Å². The van der Waals surface area contributed by atoms with Gasteiger partial charge in [0.2, 0.25) is 0 Å². The molecule has 2 aromatic carbocycles. The second kappa shape index (κ2) is 5.99. The minimum Gasteiger partial charge on any atom is -0.488 e. The van der Waals surface area contributed by atoms with E-state index in [2.05, 4.69) is 0 Å². The quantitative estimate of drug-likeness (QED) is 0.848.